The Morgan fingerprint density at radius 1 is 1.39 bits per heavy atom. The van der Waals surface area contributed by atoms with Gasteiger partial charge in [0.25, 0.3) is 0 Å². The third-order valence-electron chi connectivity index (χ3n) is 4.94. The van der Waals surface area contributed by atoms with Crippen LogP contribution in [0.2, 0.25) is 5.02 Å². The summed E-state index contributed by atoms with van der Waals surface area (Å²) >= 11 is 7.81. The van der Waals surface area contributed by atoms with E-state index in [4.69, 9.17) is 11.6 Å². The van der Waals surface area contributed by atoms with Gasteiger partial charge in [0, 0.05) is 27.7 Å². The van der Waals surface area contributed by atoms with Crippen molar-refractivity contribution >= 4 is 38.9 Å². The summed E-state index contributed by atoms with van der Waals surface area (Å²) in [7, 11) is 4.10. The van der Waals surface area contributed by atoms with Gasteiger partial charge in [-0.15, -0.1) is 11.3 Å². The maximum Gasteiger partial charge on any atom is 0.227 e. The normalized spacial score (nSPS) is 16.9. The van der Waals surface area contributed by atoms with Crippen LogP contribution in [-0.2, 0) is 11.2 Å². The topological polar surface area (TPSA) is 23.6 Å². The van der Waals surface area contributed by atoms with Crippen LogP contribution in [0, 0.1) is 6.92 Å². The summed E-state index contributed by atoms with van der Waals surface area (Å²) < 4.78 is 1.21. The van der Waals surface area contributed by atoms with Crippen LogP contribution in [0.1, 0.15) is 23.3 Å². The zero-order chi connectivity index (χ0) is 16.6. The fourth-order valence-corrected chi connectivity index (χ4v) is 4.61. The second-order valence-corrected chi connectivity index (χ2v) is 8.08. The molecule has 3 rings (SSSR count). The van der Waals surface area contributed by atoms with Gasteiger partial charge in [-0.2, -0.15) is 0 Å². The van der Waals surface area contributed by atoms with Gasteiger partial charge in [-0.05, 0) is 69.1 Å². The lowest BCUT2D eigenvalue weighted by molar-refractivity contribution is -0.132. The first kappa shape index (κ1) is 16.7. The SMILES string of the molecule is Cc1c(CC(=O)N(C)C2CCN(C)CC2)sc2ccc(Cl)cc12. The molecule has 1 aromatic heterocycles. The summed E-state index contributed by atoms with van der Waals surface area (Å²) in [6, 6.07) is 6.33. The van der Waals surface area contributed by atoms with Crippen molar-refractivity contribution in [3.8, 4) is 0 Å². The number of benzene rings is 1. The lowest BCUT2D eigenvalue weighted by Crippen LogP contribution is -2.44. The average molecular weight is 351 g/mol. The maximum atomic E-state index is 12.7. The summed E-state index contributed by atoms with van der Waals surface area (Å²) in [6.45, 7) is 4.23. The third-order valence-corrected chi connectivity index (χ3v) is 6.45. The van der Waals surface area contributed by atoms with Crippen LogP contribution >= 0.6 is 22.9 Å². The predicted molar refractivity (Wildman–Crippen MR) is 98.6 cm³/mol. The first-order valence-electron chi connectivity index (χ1n) is 8.07. The molecule has 1 fully saturated rings. The van der Waals surface area contributed by atoms with Gasteiger partial charge in [0.2, 0.25) is 5.91 Å². The quantitative estimate of drug-likeness (QED) is 0.836. The zero-order valence-corrected chi connectivity index (χ0v) is 15.5. The number of thiophene rings is 1. The molecule has 5 heteroatoms. The van der Waals surface area contributed by atoms with E-state index in [2.05, 4.69) is 18.9 Å². The standard InChI is InChI=1S/C18H23ClN2OS/c1-12-15-10-13(19)4-5-16(15)23-17(12)11-18(22)21(3)14-6-8-20(2)9-7-14/h4-5,10,14H,6-9,11H2,1-3H3. The largest absolute Gasteiger partial charge is 0.342 e. The molecule has 0 spiro atoms. The van der Waals surface area contributed by atoms with Crippen LogP contribution in [0.5, 0.6) is 0 Å². The molecule has 0 unspecified atom stereocenters. The number of likely N-dealkylation sites (tertiary alicyclic amines) is 1. The van der Waals surface area contributed by atoms with Gasteiger partial charge >= 0.3 is 0 Å². The third kappa shape index (κ3) is 3.54. The summed E-state index contributed by atoms with van der Waals surface area (Å²) in [6.07, 6.45) is 2.63. The van der Waals surface area contributed by atoms with Crippen molar-refractivity contribution < 1.29 is 4.79 Å². The molecule has 124 valence electrons. The molecule has 1 aliphatic heterocycles. The molecule has 23 heavy (non-hydrogen) atoms. The van der Waals surface area contributed by atoms with Crippen molar-refractivity contribution in [2.45, 2.75) is 32.2 Å². The minimum Gasteiger partial charge on any atom is -0.342 e. The van der Waals surface area contributed by atoms with Crippen LogP contribution in [0.25, 0.3) is 10.1 Å². The molecule has 0 bridgehead atoms. The van der Waals surface area contributed by atoms with E-state index in [1.54, 1.807) is 11.3 Å². The fraction of sp³-hybridized carbons (Fsp3) is 0.500. The Balaban J connectivity index is 1.73. The number of halogens is 1. The van der Waals surface area contributed by atoms with Crippen molar-refractivity contribution in [1.82, 2.24) is 9.80 Å². The molecule has 0 radical (unpaired) electrons. The first-order valence-corrected chi connectivity index (χ1v) is 9.27. The number of aryl methyl sites for hydroxylation is 1. The molecule has 2 heterocycles. The summed E-state index contributed by atoms with van der Waals surface area (Å²) in [4.78, 5) is 18.1. The van der Waals surface area contributed by atoms with Gasteiger partial charge in [0.1, 0.15) is 0 Å². The highest BCUT2D eigenvalue weighted by Gasteiger charge is 2.24. The van der Waals surface area contributed by atoms with Gasteiger partial charge in [0.15, 0.2) is 0 Å². The maximum absolute atomic E-state index is 12.7. The number of hydrogen-bond donors (Lipinski definition) is 0. The monoisotopic (exact) mass is 350 g/mol. The van der Waals surface area contributed by atoms with Crippen LogP contribution in [-0.4, -0.2) is 48.9 Å². The van der Waals surface area contributed by atoms with Gasteiger partial charge < -0.3 is 9.80 Å². The molecular formula is C18H23ClN2OS. The highest BCUT2D eigenvalue weighted by atomic mass is 35.5. The van der Waals surface area contributed by atoms with Crippen molar-refractivity contribution in [3.05, 3.63) is 33.7 Å². The van der Waals surface area contributed by atoms with Crippen molar-refractivity contribution in [2.24, 2.45) is 0 Å². The van der Waals surface area contributed by atoms with E-state index < -0.39 is 0 Å². The average Bonchev–Trinajstić information content (AvgIpc) is 2.83. The molecule has 1 amide bonds. The highest BCUT2D eigenvalue weighted by Crippen LogP contribution is 2.33. The second-order valence-electron chi connectivity index (χ2n) is 6.51. The number of rotatable bonds is 3. The number of hydrogen-bond acceptors (Lipinski definition) is 3. The van der Waals surface area contributed by atoms with Crippen molar-refractivity contribution in [1.29, 1.82) is 0 Å². The molecule has 1 aromatic carbocycles. The van der Waals surface area contributed by atoms with Crippen LogP contribution in [0.15, 0.2) is 18.2 Å². The van der Waals surface area contributed by atoms with Crippen LogP contribution < -0.4 is 0 Å². The first-order chi connectivity index (χ1) is 11.0. The Morgan fingerprint density at radius 3 is 2.78 bits per heavy atom. The van der Waals surface area contributed by atoms with Crippen LogP contribution in [0.4, 0.5) is 0 Å². The number of piperidine rings is 1. The number of carbonyl (C=O) groups is 1. The number of amides is 1. The summed E-state index contributed by atoms with van der Waals surface area (Å²) in [5.41, 5.74) is 1.19. The smallest absolute Gasteiger partial charge is 0.227 e. The highest BCUT2D eigenvalue weighted by molar-refractivity contribution is 7.19. The Kier molecular flexibility index (Phi) is 4.95. The molecule has 1 saturated heterocycles. The Morgan fingerprint density at radius 2 is 2.09 bits per heavy atom. The lowest BCUT2D eigenvalue weighted by atomic mass is 10.0. The van der Waals surface area contributed by atoms with Crippen molar-refractivity contribution in [3.63, 3.8) is 0 Å². The van der Waals surface area contributed by atoms with Gasteiger partial charge in [0.05, 0.1) is 6.42 Å². The van der Waals surface area contributed by atoms with Crippen molar-refractivity contribution in [2.75, 3.05) is 27.2 Å². The lowest BCUT2D eigenvalue weighted by Gasteiger charge is -2.35. The van der Waals surface area contributed by atoms with Gasteiger partial charge in [-0.25, -0.2) is 0 Å². The Labute approximate surface area is 146 Å². The molecule has 0 saturated carbocycles. The molecule has 1 aliphatic rings. The van der Waals surface area contributed by atoms with E-state index in [-0.39, 0.29) is 5.91 Å². The molecule has 3 nitrogen and oxygen atoms in total. The van der Waals surface area contributed by atoms with E-state index in [1.807, 2.05) is 30.1 Å². The van der Waals surface area contributed by atoms with E-state index in [1.165, 1.54) is 15.6 Å². The molecule has 0 atom stereocenters. The number of nitrogens with zero attached hydrogens (tertiary/aromatic N) is 2. The minimum atomic E-state index is 0.223. The zero-order valence-electron chi connectivity index (χ0n) is 13.9. The van der Waals surface area contributed by atoms with E-state index >= 15 is 0 Å². The predicted octanol–water partition coefficient (Wildman–Crippen LogP) is 3.96. The molecular weight excluding hydrogens is 328 g/mol. The number of fused-ring (bicyclic) bond motifs is 1. The van der Waals surface area contributed by atoms with Gasteiger partial charge in [-0.3, -0.25) is 4.79 Å². The van der Waals surface area contributed by atoms with E-state index in [0.29, 0.717) is 12.5 Å². The Hall–Kier alpha value is -1.10. The van der Waals surface area contributed by atoms with Gasteiger partial charge in [-0.1, -0.05) is 11.6 Å². The Bertz CT molecular complexity index is 719. The number of carbonyl (C=O) groups excluding carboxylic acids is 1. The van der Waals surface area contributed by atoms with E-state index in [9.17, 15) is 4.79 Å². The van der Waals surface area contributed by atoms with E-state index in [0.717, 1.165) is 35.8 Å². The fourth-order valence-electron chi connectivity index (χ4n) is 3.26. The minimum absolute atomic E-state index is 0.223. The molecule has 0 aliphatic carbocycles. The summed E-state index contributed by atoms with van der Waals surface area (Å²) in [5.74, 6) is 0.223. The molecule has 0 N–H and O–H groups in total. The summed E-state index contributed by atoms with van der Waals surface area (Å²) in [5, 5.41) is 1.92. The van der Waals surface area contributed by atoms with Crippen LogP contribution in [0.3, 0.4) is 0 Å². The number of likely N-dealkylation sites (N-methyl/N-ethyl adjacent to an activating group) is 1. The second kappa shape index (κ2) is 6.80. The molecule has 2 aromatic rings.